The van der Waals surface area contributed by atoms with Crippen molar-refractivity contribution in [1.29, 1.82) is 0 Å². The Balaban J connectivity index is 1.39. The third kappa shape index (κ3) is 5.42. The van der Waals surface area contributed by atoms with Gasteiger partial charge in [0.25, 0.3) is 0 Å². The molecule has 4 rings (SSSR count). The number of amides is 1. The average Bonchev–Trinajstić information content (AvgIpc) is 3.36. The van der Waals surface area contributed by atoms with Gasteiger partial charge in [-0.15, -0.1) is 0 Å². The molecular formula is C23H34N2O4S. The molecule has 1 aromatic rings. The minimum Gasteiger partial charge on any atom is -0.377 e. The molecule has 1 aliphatic carbocycles. The first kappa shape index (κ1) is 21.8. The summed E-state index contributed by atoms with van der Waals surface area (Å²) in [5.74, 6) is 0.308. The molecule has 0 radical (unpaired) electrons. The number of carbonyl (C=O) groups is 1. The van der Waals surface area contributed by atoms with E-state index in [1.807, 2.05) is 11.8 Å². The first-order valence-corrected chi connectivity index (χ1v) is 13.2. The maximum atomic E-state index is 12.9. The van der Waals surface area contributed by atoms with Crippen molar-refractivity contribution < 1.29 is 17.9 Å². The van der Waals surface area contributed by atoms with Crippen molar-refractivity contribution >= 4 is 15.7 Å². The molecule has 1 N–H and O–H groups in total. The summed E-state index contributed by atoms with van der Waals surface area (Å²) < 4.78 is 29.7. The van der Waals surface area contributed by atoms with Crippen molar-refractivity contribution in [3.63, 3.8) is 0 Å². The molecule has 1 aromatic carbocycles. The number of hydrogen-bond donors (Lipinski definition) is 1. The Hall–Kier alpha value is -1.44. The molecule has 2 saturated heterocycles. The third-order valence-corrected chi connectivity index (χ3v) is 8.53. The molecule has 3 atom stereocenters. The van der Waals surface area contributed by atoms with Crippen molar-refractivity contribution in [2.24, 2.45) is 0 Å². The molecular weight excluding hydrogens is 400 g/mol. The Kier molecular flexibility index (Phi) is 6.80. The van der Waals surface area contributed by atoms with Crippen molar-refractivity contribution in [3.05, 3.63) is 34.9 Å². The highest BCUT2D eigenvalue weighted by molar-refractivity contribution is 7.91. The van der Waals surface area contributed by atoms with Gasteiger partial charge in [-0.05, 0) is 68.6 Å². The van der Waals surface area contributed by atoms with Crippen molar-refractivity contribution in [2.75, 3.05) is 31.2 Å². The summed E-state index contributed by atoms with van der Waals surface area (Å²) in [5.41, 5.74) is 3.99. The molecule has 2 heterocycles. The molecule has 0 aromatic heterocycles. The van der Waals surface area contributed by atoms with Gasteiger partial charge in [0.15, 0.2) is 9.84 Å². The van der Waals surface area contributed by atoms with Crippen LogP contribution in [0.2, 0.25) is 0 Å². The second kappa shape index (κ2) is 9.37. The molecule has 3 aliphatic rings. The monoisotopic (exact) mass is 434 g/mol. The summed E-state index contributed by atoms with van der Waals surface area (Å²) in [5, 5.41) is 3.13. The Morgan fingerprint density at radius 3 is 2.70 bits per heavy atom. The number of nitrogens with zero attached hydrogens (tertiary/aromatic N) is 1. The Labute approximate surface area is 180 Å². The number of benzene rings is 1. The quantitative estimate of drug-likeness (QED) is 0.713. The van der Waals surface area contributed by atoms with E-state index in [0.29, 0.717) is 13.0 Å². The number of nitrogens with one attached hydrogen (secondary N) is 1. The lowest BCUT2D eigenvalue weighted by Gasteiger charge is -2.30. The molecule has 1 amide bonds. The highest BCUT2D eigenvalue weighted by atomic mass is 32.2. The van der Waals surface area contributed by atoms with Gasteiger partial charge in [-0.2, -0.15) is 0 Å². The Bertz CT molecular complexity index is 864. The fourth-order valence-electron chi connectivity index (χ4n) is 5.03. The highest BCUT2D eigenvalue weighted by Gasteiger charge is 2.35. The number of carbonyl (C=O) groups excluding carboxylic acids is 1. The summed E-state index contributed by atoms with van der Waals surface area (Å²) in [6, 6.07) is 6.42. The van der Waals surface area contributed by atoms with Crippen LogP contribution in [-0.4, -0.2) is 62.6 Å². The summed E-state index contributed by atoms with van der Waals surface area (Å²) in [4.78, 5) is 14.9. The smallest absolute Gasteiger partial charge is 0.234 e. The van der Waals surface area contributed by atoms with Gasteiger partial charge in [0.05, 0.1) is 30.2 Å². The first-order valence-electron chi connectivity index (χ1n) is 11.4. The minimum atomic E-state index is -3.00. The normalized spacial score (nSPS) is 26.5. The largest absolute Gasteiger partial charge is 0.377 e. The lowest BCUT2D eigenvalue weighted by molar-refractivity contribution is -0.123. The van der Waals surface area contributed by atoms with E-state index in [0.717, 1.165) is 37.9 Å². The summed E-state index contributed by atoms with van der Waals surface area (Å²) in [6.07, 6.45) is 7.47. The molecule has 3 unspecified atom stereocenters. The summed E-state index contributed by atoms with van der Waals surface area (Å²) in [7, 11) is -3.00. The topological polar surface area (TPSA) is 75.7 Å². The lowest BCUT2D eigenvalue weighted by atomic mass is 9.89. The molecule has 0 bridgehead atoms. The predicted molar refractivity (Wildman–Crippen MR) is 117 cm³/mol. The van der Waals surface area contributed by atoms with Crippen LogP contribution in [0, 0.1) is 0 Å². The zero-order valence-electron chi connectivity index (χ0n) is 17.9. The lowest BCUT2D eigenvalue weighted by Crippen LogP contribution is -2.47. The number of aryl methyl sites for hydroxylation is 2. The number of sulfone groups is 1. The van der Waals surface area contributed by atoms with Crippen LogP contribution in [-0.2, 0) is 32.2 Å². The molecule has 166 valence electrons. The fourth-order valence-corrected chi connectivity index (χ4v) is 6.80. The number of hydrogen-bond acceptors (Lipinski definition) is 5. The summed E-state index contributed by atoms with van der Waals surface area (Å²) in [6.45, 7) is 3.62. The Morgan fingerprint density at radius 2 is 2.00 bits per heavy atom. The van der Waals surface area contributed by atoms with Crippen molar-refractivity contribution in [3.8, 4) is 0 Å². The van der Waals surface area contributed by atoms with Gasteiger partial charge in [0.1, 0.15) is 0 Å². The first-order chi connectivity index (χ1) is 14.4. The minimum absolute atomic E-state index is 0.0532. The van der Waals surface area contributed by atoms with E-state index in [-0.39, 0.29) is 42.1 Å². The molecule has 6 nitrogen and oxygen atoms in total. The van der Waals surface area contributed by atoms with Gasteiger partial charge in [-0.3, -0.25) is 9.69 Å². The number of rotatable bonds is 7. The molecule has 0 spiro atoms. The van der Waals surface area contributed by atoms with E-state index in [1.54, 1.807) is 0 Å². The van der Waals surface area contributed by atoms with Crippen LogP contribution in [0.25, 0.3) is 0 Å². The van der Waals surface area contributed by atoms with Gasteiger partial charge in [-0.25, -0.2) is 8.42 Å². The van der Waals surface area contributed by atoms with Gasteiger partial charge in [0.2, 0.25) is 5.91 Å². The van der Waals surface area contributed by atoms with Crippen LogP contribution in [0.5, 0.6) is 0 Å². The number of fused-ring (bicyclic) bond motifs is 1. The Morgan fingerprint density at radius 1 is 1.20 bits per heavy atom. The van der Waals surface area contributed by atoms with E-state index < -0.39 is 9.84 Å². The SMILES string of the molecule is CC(NC(=O)CN(CC1CCCO1)C1CCS(=O)(=O)C1)c1ccc2c(c1)CCCC2. The van der Waals surface area contributed by atoms with Gasteiger partial charge in [-0.1, -0.05) is 18.2 Å². The van der Waals surface area contributed by atoms with Crippen molar-refractivity contribution in [2.45, 2.75) is 70.1 Å². The second-order valence-corrected chi connectivity index (χ2v) is 11.4. The van der Waals surface area contributed by atoms with E-state index in [4.69, 9.17) is 4.74 Å². The van der Waals surface area contributed by atoms with Crippen LogP contribution in [0.15, 0.2) is 18.2 Å². The van der Waals surface area contributed by atoms with E-state index in [9.17, 15) is 13.2 Å². The van der Waals surface area contributed by atoms with Crippen molar-refractivity contribution in [1.82, 2.24) is 10.2 Å². The standard InChI is InChI=1S/C23H34N2O4S/c1-17(19-9-8-18-5-2-3-6-20(18)13-19)24-23(26)15-25(14-22-7-4-11-29-22)21-10-12-30(27,28)16-21/h8-9,13,17,21-22H,2-7,10-12,14-16H2,1H3,(H,24,26). The molecule has 7 heteroatoms. The van der Waals surface area contributed by atoms with Gasteiger partial charge < -0.3 is 10.1 Å². The van der Waals surface area contributed by atoms with Gasteiger partial charge >= 0.3 is 0 Å². The van der Waals surface area contributed by atoms with Crippen LogP contribution in [0.1, 0.15) is 61.8 Å². The van der Waals surface area contributed by atoms with E-state index in [1.165, 1.54) is 24.0 Å². The average molecular weight is 435 g/mol. The maximum absolute atomic E-state index is 12.9. The molecule has 0 saturated carbocycles. The maximum Gasteiger partial charge on any atom is 0.234 e. The fraction of sp³-hybridized carbons (Fsp3) is 0.696. The summed E-state index contributed by atoms with van der Waals surface area (Å²) >= 11 is 0. The molecule has 2 aliphatic heterocycles. The zero-order chi connectivity index (χ0) is 21.1. The predicted octanol–water partition coefficient (Wildman–Crippen LogP) is 2.41. The number of ether oxygens (including phenoxy) is 1. The van der Waals surface area contributed by atoms with Crippen LogP contribution < -0.4 is 5.32 Å². The van der Waals surface area contributed by atoms with Crippen LogP contribution in [0.4, 0.5) is 0 Å². The third-order valence-electron chi connectivity index (χ3n) is 6.78. The zero-order valence-corrected chi connectivity index (χ0v) is 18.8. The molecule has 2 fully saturated rings. The second-order valence-electron chi connectivity index (χ2n) is 9.15. The van der Waals surface area contributed by atoms with E-state index in [2.05, 4.69) is 23.5 Å². The van der Waals surface area contributed by atoms with E-state index >= 15 is 0 Å². The van der Waals surface area contributed by atoms with Crippen LogP contribution >= 0.6 is 0 Å². The highest BCUT2D eigenvalue weighted by Crippen LogP contribution is 2.25. The van der Waals surface area contributed by atoms with Crippen LogP contribution in [0.3, 0.4) is 0 Å². The van der Waals surface area contributed by atoms with Gasteiger partial charge in [0, 0.05) is 19.2 Å². The molecule has 30 heavy (non-hydrogen) atoms.